The fourth-order valence-electron chi connectivity index (χ4n) is 2.86. The van der Waals surface area contributed by atoms with Crippen LogP contribution in [0.5, 0.6) is 0 Å². The van der Waals surface area contributed by atoms with Gasteiger partial charge in [0.05, 0.1) is 12.5 Å². The molecule has 0 aromatic heterocycles. The predicted molar refractivity (Wildman–Crippen MR) is 92.1 cm³/mol. The number of benzene rings is 1. The van der Waals surface area contributed by atoms with Gasteiger partial charge in [0.15, 0.2) is 0 Å². The van der Waals surface area contributed by atoms with Gasteiger partial charge in [-0.25, -0.2) is 9.18 Å². The van der Waals surface area contributed by atoms with Gasteiger partial charge in [-0.15, -0.1) is 0 Å². The summed E-state index contributed by atoms with van der Waals surface area (Å²) in [5.41, 5.74) is 0.938. The molecule has 2 N–H and O–H groups in total. The fraction of sp³-hybridized carbons (Fsp3) is 0.500. The van der Waals surface area contributed by atoms with Gasteiger partial charge < -0.3 is 20.1 Å². The van der Waals surface area contributed by atoms with Crippen molar-refractivity contribution in [1.82, 2.24) is 5.32 Å². The van der Waals surface area contributed by atoms with Crippen LogP contribution in [0.3, 0.4) is 0 Å². The van der Waals surface area contributed by atoms with Crippen molar-refractivity contribution < 1.29 is 28.2 Å². The van der Waals surface area contributed by atoms with Crippen LogP contribution >= 0.6 is 0 Å². The van der Waals surface area contributed by atoms with Gasteiger partial charge in [-0.2, -0.15) is 0 Å². The normalized spacial score (nSPS) is 16.6. The second-order valence-electron chi connectivity index (χ2n) is 5.98. The zero-order chi connectivity index (χ0) is 19.1. The summed E-state index contributed by atoms with van der Waals surface area (Å²) >= 11 is 0. The van der Waals surface area contributed by atoms with Crippen molar-refractivity contribution in [3.05, 3.63) is 29.6 Å². The molecule has 2 amide bonds. The second kappa shape index (κ2) is 9.28. The molecular weight excluding hydrogens is 343 g/mol. The van der Waals surface area contributed by atoms with E-state index in [0.29, 0.717) is 30.7 Å². The van der Waals surface area contributed by atoms with E-state index in [4.69, 9.17) is 9.47 Å². The molecule has 142 valence electrons. The maximum Gasteiger partial charge on any atom is 0.328 e. The first-order chi connectivity index (χ1) is 12.5. The van der Waals surface area contributed by atoms with Crippen LogP contribution in [0, 0.1) is 5.82 Å². The Bertz CT molecular complexity index is 680. The van der Waals surface area contributed by atoms with Crippen molar-refractivity contribution in [1.29, 1.82) is 0 Å². The molecule has 1 aliphatic heterocycles. The summed E-state index contributed by atoms with van der Waals surface area (Å²) in [6.07, 6.45) is 0.751. The van der Waals surface area contributed by atoms with Crippen molar-refractivity contribution in [3.63, 3.8) is 0 Å². The predicted octanol–water partition coefficient (Wildman–Crippen LogP) is 1.73. The third-order valence-corrected chi connectivity index (χ3v) is 4.10. The highest BCUT2D eigenvalue weighted by molar-refractivity contribution is 6.05. The van der Waals surface area contributed by atoms with Gasteiger partial charge in [-0.05, 0) is 43.5 Å². The number of carbonyl (C=O) groups is 3. The molecule has 0 radical (unpaired) electrons. The van der Waals surface area contributed by atoms with E-state index in [0.717, 1.165) is 0 Å². The molecule has 2 atom stereocenters. The zero-order valence-corrected chi connectivity index (χ0v) is 14.8. The average Bonchev–Trinajstić information content (AvgIpc) is 2.89. The number of rotatable bonds is 9. The highest BCUT2D eigenvalue weighted by Gasteiger charge is 2.33. The Hall–Kier alpha value is -2.48. The van der Waals surface area contributed by atoms with Gasteiger partial charge in [-0.1, -0.05) is 0 Å². The number of hydrogen-bond acceptors (Lipinski definition) is 5. The van der Waals surface area contributed by atoms with Crippen molar-refractivity contribution >= 4 is 23.5 Å². The quantitative estimate of drug-likeness (QED) is 0.513. The van der Waals surface area contributed by atoms with Crippen molar-refractivity contribution in [3.8, 4) is 0 Å². The zero-order valence-electron chi connectivity index (χ0n) is 14.8. The lowest BCUT2D eigenvalue weighted by Crippen LogP contribution is -2.42. The van der Waals surface area contributed by atoms with Crippen LogP contribution in [-0.2, 0) is 23.9 Å². The second-order valence-corrected chi connectivity index (χ2v) is 5.98. The summed E-state index contributed by atoms with van der Waals surface area (Å²) in [6.45, 7) is 2.33. The van der Waals surface area contributed by atoms with Gasteiger partial charge in [0.25, 0.3) is 0 Å². The van der Waals surface area contributed by atoms with E-state index in [2.05, 4.69) is 10.6 Å². The highest BCUT2D eigenvalue weighted by Crippen LogP contribution is 2.35. The summed E-state index contributed by atoms with van der Waals surface area (Å²) in [5, 5.41) is 5.24. The Morgan fingerprint density at radius 1 is 1.38 bits per heavy atom. The summed E-state index contributed by atoms with van der Waals surface area (Å²) < 4.78 is 23.4. The molecule has 0 bridgehead atoms. The van der Waals surface area contributed by atoms with E-state index in [1.165, 1.54) is 18.2 Å². The van der Waals surface area contributed by atoms with Crippen LogP contribution in [0.2, 0.25) is 0 Å². The number of hydrogen-bond donors (Lipinski definition) is 2. The molecule has 2 unspecified atom stereocenters. The first-order valence-corrected chi connectivity index (χ1v) is 8.51. The summed E-state index contributed by atoms with van der Waals surface area (Å²) in [4.78, 5) is 36.5. The van der Waals surface area contributed by atoms with Crippen molar-refractivity contribution in [2.75, 3.05) is 25.6 Å². The smallest absolute Gasteiger partial charge is 0.328 e. The maximum atomic E-state index is 13.5. The Morgan fingerprint density at radius 2 is 2.15 bits per heavy atom. The Kier molecular flexibility index (Phi) is 7.08. The summed E-state index contributed by atoms with van der Waals surface area (Å²) in [6, 6.07) is 3.14. The van der Waals surface area contributed by atoms with Gasteiger partial charge in [0, 0.05) is 25.8 Å². The molecule has 8 heteroatoms. The largest absolute Gasteiger partial charge is 0.464 e. The number of nitrogens with one attached hydrogen (secondary N) is 2. The van der Waals surface area contributed by atoms with Crippen molar-refractivity contribution in [2.24, 2.45) is 0 Å². The van der Waals surface area contributed by atoms with E-state index in [-0.39, 0.29) is 18.9 Å². The number of ether oxygens (including phenoxy) is 2. The number of halogens is 1. The Labute approximate surface area is 151 Å². The lowest BCUT2D eigenvalue weighted by atomic mass is 9.96. The van der Waals surface area contributed by atoms with Crippen LogP contribution < -0.4 is 10.6 Å². The number of methoxy groups -OCH3 is 1. The first kappa shape index (κ1) is 19.8. The first-order valence-electron chi connectivity index (χ1n) is 8.51. The number of amides is 2. The van der Waals surface area contributed by atoms with E-state index in [1.807, 2.05) is 0 Å². The number of esters is 1. The van der Waals surface area contributed by atoms with Crippen LogP contribution in [0.1, 0.15) is 37.7 Å². The van der Waals surface area contributed by atoms with Gasteiger partial charge >= 0.3 is 5.97 Å². The minimum atomic E-state index is -0.811. The molecule has 0 saturated carbocycles. The molecule has 26 heavy (non-hydrogen) atoms. The molecule has 0 fully saturated rings. The molecule has 1 heterocycles. The number of fused-ring (bicyclic) bond motifs is 1. The number of anilines is 1. The van der Waals surface area contributed by atoms with E-state index < -0.39 is 29.7 Å². The monoisotopic (exact) mass is 366 g/mol. The molecular formula is C18H23FN2O5. The standard InChI is InChI=1S/C18H23FN2O5/c1-3-26-18(24)15(5-4-8-25-2)20-16(22)10-13-12-9-11(19)6-7-14(12)21-17(13)23/h6-7,9,13,15H,3-5,8,10H2,1-2H3,(H,20,22)(H,21,23). The molecule has 1 aliphatic rings. The van der Waals surface area contributed by atoms with Crippen LogP contribution in [0.25, 0.3) is 0 Å². The van der Waals surface area contributed by atoms with Gasteiger partial charge in [0.1, 0.15) is 11.9 Å². The Balaban J connectivity index is 2.02. The van der Waals surface area contributed by atoms with E-state index in [9.17, 15) is 18.8 Å². The maximum absolute atomic E-state index is 13.5. The van der Waals surface area contributed by atoms with E-state index >= 15 is 0 Å². The van der Waals surface area contributed by atoms with E-state index in [1.54, 1.807) is 14.0 Å². The molecule has 1 aromatic rings. The lowest BCUT2D eigenvalue weighted by molar-refractivity contribution is -0.147. The number of carbonyl (C=O) groups excluding carboxylic acids is 3. The molecule has 1 aromatic carbocycles. The highest BCUT2D eigenvalue weighted by atomic mass is 19.1. The van der Waals surface area contributed by atoms with Crippen LogP contribution in [0.4, 0.5) is 10.1 Å². The molecule has 7 nitrogen and oxygen atoms in total. The lowest BCUT2D eigenvalue weighted by Gasteiger charge is -2.18. The van der Waals surface area contributed by atoms with Crippen molar-refractivity contribution in [2.45, 2.75) is 38.1 Å². The molecule has 0 saturated heterocycles. The third-order valence-electron chi connectivity index (χ3n) is 4.10. The third kappa shape index (κ3) is 5.01. The minimum Gasteiger partial charge on any atom is -0.464 e. The minimum absolute atomic E-state index is 0.178. The molecule has 2 rings (SSSR count). The molecule has 0 aliphatic carbocycles. The summed E-state index contributed by atoms with van der Waals surface area (Å²) in [5.74, 6) is -2.64. The topological polar surface area (TPSA) is 93.7 Å². The van der Waals surface area contributed by atoms with Crippen LogP contribution in [0.15, 0.2) is 18.2 Å². The molecule has 0 spiro atoms. The Morgan fingerprint density at radius 3 is 2.85 bits per heavy atom. The van der Waals surface area contributed by atoms with Gasteiger partial charge in [-0.3, -0.25) is 9.59 Å². The SMILES string of the molecule is CCOC(=O)C(CCCOC)NC(=O)CC1C(=O)Nc2ccc(F)cc21. The van der Waals surface area contributed by atoms with Crippen LogP contribution in [-0.4, -0.2) is 44.1 Å². The van der Waals surface area contributed by atoms with Gasteiger partial charge in [0.2, 0.25) is 11.8 Å². The average molecular weight is 366 g/mol. The summed E-state index contributed by atoms with van der Waals surface area (Å²) in [7, 11) is 1.55. The fourth-order valence-corrected chi connectivity index (χ4v) is 2.86.